The average Bonchev–Trinajstić information content (AvgIpc) is 3.53. The largest absolute Gasteiger partial charge is 0.493 e. The number of halogens is 3. The minimum Gasteiger partial charge on any atom is -0.493 e. The molecule has 4 rings (SSSR count). The van der Waals surface area contributed by atoms with Gasteiger partial charge in [0, 0.05) is 17.0 Å². The number of carbonyl (C=O) groups is 1. The number of anilines is 1. The van der Waals surface area contributed by atoms with Crippen LogP contribution in [-0.2, 0) is 6.18 Å². The summed E-state index contributed by atoms with van der Waals surface area (Å²) in [5.41, 5.74) is 1.71. The van der Waals surface area contributed by atoms with Gasteiger partial charge < -0.3 is 14.8 Å². The Balaban J connectivity index is 1.67. The van der Waals surface area contributed by atoms with E-state index >= 15 is 0 Å². The highest BCUT2D eigenvalue weighted by Gasteiger charge is 2.32. The first-order valence-corrected chi connectivity index (χ1v) is 9.61. The third-order valence-corrected chi connectivity index (χ3v) is 5.15. The number of aromatic amines is 1. The maximum atomic E-state index is 12.9. The van der Waals surface area contributed by atoms with Gasteiger partial charge in [0.15, 0.2) is 11.5 Å². The number of H-pyrrole nitrogens is 1. The summed E-state index contributed by atoms with van der Waals surface area (Å²) >= 11 is 0. The Morgan fingerprint density at radius 1 is 1.06 bits per heavy atom. The van der Waals surface area contributed by atoms with Crippen LogP contribution in [0.2, 0.25) is 0 Å². The summed E-state index contributed by atoms with van der Waals surface area (Å²) in [4.78, 5) is 12.9. The molecule has 1 saturated carbocycles. The van der Waals surface area contributed by atoms with E-state index in [1.54, 1.807) is 18.2 Å². The van der Waals surface area contributed by atoms with E-state index in [0.29, 0.717) is 34.0 Å². The van der Waals surface area contributed by atoms with Gasteiger partial charge >= 0.3 is 6.18 Å². The lowest BCUT2D eigenvalue weighted by molar-refractivity contribution is -0.137. The second-order valence-corrected chi connectivity index (χ2v) is 7.23. The molecule has 6 nitrogen and oxygen atoms in total. The van der Waals surface area contributed by atoms with E-state index in [4.69, 9.17) is 9.47 Å². The number of ether oxygens (including phenoxy) is 2. The van der Waals surface area contributed by atoms with Gasteiger partial charge in [-0.15, -0.1) is 0 Å². The number of benzene rings is 2. The molecule has 0 saturated heterocycles. The van der Waals surface area contributed by atoms with Crippen molar-refractivity contribution in [3.05, 3.63) is 59.3 Å². The number of amides is 1. The van der Waals surface area contributed by atoms with Crippen LogP contribution in [0.15, 0.2) is 42.5 Å². The Kier molecular flexibility index (Phi) is 5.34. The summed E-state index contributed by atoms with van der Waals surface area (Å²) in [7, 11) is 2.98. The molecule has 31 heavy (non-hydrogen) atoms. The predicted molar refractivity (Wildman–Crippen MR) is 108 cm³/mol. The summed E-state index contributed by atoms with van der Waals surface area (Å²) in [6.07, 6.45) is -2.52. The first-order chi connectivity index (χ1) is 14.8. The SMILES string of the molecule is COc1ccc(C(=O)Nc2c(-c3ccc(C(F)(F)F)cc3)n[nH]c2C2CC2)cc1OC. The normalized spacial score (nSPS) is 13.7. The average molecular weight is 431 g/mol. The maximum Gasteiger partial charge on any atom is 0.416 e. The number of rotatable bonds is 6. The minimum atomic E-state index is -4.42. The van der Waals surface area contributed by atoms with E-state index in [1.165, 1.54) is 26.4 Å². The molecule has 3 aromatic rings. The molecule has 0 atom stereocenters. The smallest absolute Gasteiger partial charge is 0.416 e. The quantitative estimate of drug-likeness (QED) is 0.560. The van der Waals surface area contributed by atoms with Crippen LogP contribution in [0, 0.1) is 0 Å². The van der Waals surface area contributed by atoms with Crippen molar-refractivity contribution in [1.29, 1.82) is 0 Å². The van der Waals surface area contributed by atoms with Crippen LogP contribution in [0.25, 0.3) is 11.3 Å². The topological polar surface area (TPSA) is 76.2 Å². The second kappa shape index (κ2) is 7.98. The van der Waals surface area contributed by atoms with Gasteiger partial charge in [-0.05, 0) is 43.2 Å². The summed E-state index contributed by atoms with van der Waals surface area (Å²) in [6.45, 7) is 0. The van der Waals surface area contributed by atoms with Crippen LogP contribution in [0.5, 0.6) is 11.5 Å². The fraction of sp³-hybridized carbons (Fsp3) is 0.273. The third-order valence-electron chi connectivity index (χ3n) is 5.15. The molecular weight excluding hydrogens is 411 g/mol. The van der Waals surface area contributed by atoms with E-state index in [-0.39, 0.29) is 5.92 Å². The van der Waals surface area contributed by atoms with Crippen LogP contribution in [0.3, 0.4) is 0 Å². The Bertz CT molecular complexity index is 1100. The van der Waals surface area contributed by atoms with Crippen molar-refractivity contribution in [2.75, 3.05) is 19.5 Å². The van der Waals surface area contributed by atoms with Crippen molar-refractivity contribution >= 4 is 11.6 Å². The summed E-state index contributed by atoms with van der Waals surface area (Å²) in [5.74, 6) is 0.744. The molecule has 9 heteroatoms. The molecule has 0 radical (unpaired) electrons. The molecule has 2 N–H and O–H groups in total. The van der Waals surface area contributed by atoms with Crippen LogP contribution in [-0.4, -0.2) is 30.3 Å². The van der Waals surface area contributed by atoms with Crippen LogP contribution >= 0.6 is 0 Å². The minimum absolute atomic E-state index is 0.233. The lowest BCUT2D eigenvalue weighted by Crippen LogP contribution is -2.13. The number of aromatic nitrogens is 2. The fourth-order valence-corrected chi connectivity index (χ4v) is 3.34. The van der Waals surface area contributed by atoms with E-state index in [1.807, 2.05) is 0 Å². The van der Waals surface area contributed by atoms with Crippen LogP contribution < -0.4 is 14.8 Å². The first-order valence-electron chi connectivity index (χ1n) is 9.61. The number of methoxy groups -OCH3 is 2. The molecule has 162 valence electrons. The van der Waals surface area contributed by atoms with Crippen LogP contribution in [0.4, 0.5) is 18.9 Å². The van der Waals surface area contributed by atoms with Crippen molar-refractivity contribution in [2.24, 2.45) is 0 Å². The molecule has 1 aliphatic carbocycles. The second-order valence-electron chi connectivity index (χ2n) is 7.23. The molecule has 0 unspecified atom stereocenters. The molecule has 1 aliphatic rings. The molecule has 1 heterocycles. The zero-order valence-electron chi connectivity index (χ0n) is 16.8. The highest BCUT2D eigenvalue weighted by Crippen LogP contribution is 2.45. The van der Waals surface area contributed by atoms with Crippen molar-refractivity contribution in [3.63, 3.8) is 0 Å². The number of alkyl halides is 3. The summed E-state index contributed by atoms with van der Waals surface area (Å²) in [6, 6.07) is 9.49. The van der Waals surface area contributed by atoms with Gasteiger partial charge in [-0.2, -0.15) is 18.3 Å². The van der Waals surface area contributed by atoms with Gasteiger partial charge in [0.1, 0.15) is 5.69 Å². The highest BCUT2D eigenvalue weighted by atomic mass is 19.4. The van der Waals surface area contributed by atoms with Gasteiger partial charge in [0.2, 0.25) is 0 Å². The zero-order chi connectivity index (χ0) is 22.2. The molecule has 0 aliphatic heterocycles. The Hall–Kier alpha value is -3.49. The van der Waals surface area contributed by atoms with Crippen molar-refractivity contribution in [2.45, 2.75) is 24.9 Å². The number of nitrogens with zero attached hydrogens (tertiary/aromatic N) is 1. The van der Waals surface area contributed by atoms with E-state index in [0.717, 1.165) is 30.7 Å². The molecule has 1 aromatic heterocycles. The maximum absolute atomic E-state index is 12.9. The molecular formula is C22H20F3N3O3. The van der Waals surface area contributed by atoms with Gasteiger partial charge in [-0.1, -0.05) is 12.1 Å². The molecule has 1 amide bonds. The number of nitrogens with one attached hydrogen (secondary N) is 2. The van der Waals surface area contributed by atoms with E-state index < -0.39 is 17.6 Å². The monoisotopic (exact) mass is 431 g/mol. The lowest BCUT2D eigenvalue weighted by Gasteiger charge is -2.12. The molecule has 2 aromatic carbocycles. The Morgan fingerprint density at radius 3 is 2.32 bits per heavy atom. The van der Waals surface area contributed by atoms with E-state index in [2.05, 4.69) is 15.5 Å². The lowest BCUT2D eigenvalue weighted by atomic mass is 10.1. The van der Waals surface area contributed by atoms with E-state index in [9.17, 15) is 18.0 Å². The standard InChI is InChI=1S/C22H20F3N3O3/c1-30-16-10-7-14(11-17(16)31-2)21(29)26-20-18(12-3-4-12)27-28-19(20)13-5-8-15(9-6-13)22(23,24)25/h5-12H,3-4H2,1-2H3,(H,26,29)(H,27,28). The first kappa shape index (κ1) is 20.8. The summed E-state index contributed by atoms with van der Waals surface area (Å²) in [5, 5.41) is 10.1. The van der Waals surface area contributed by atoms with Crippen molar-refractivity contribution < 1.29 is 27.4 Å². The summed E-state index contributed by atoms with van der Waals surface area (Å²) < 4.78 is 49.1. The third kappa shape index (κ3) is 4.21. The number of hydrogen-bond donors (Lipinski definition) is 2. The number of hydrogen-bond acceptors (Lipinski definition) is 4. The van der Waals surface area contributed by atoms with Crippen LogP contribution in [0.1, 0.15) is 40.4 Å². The Labute approximate surface area is 176 Å². The fourth-order valence-electron chi connectivity index (χ4n) is 3.34. The molecule has 0 bridgehead atoms. The molecule has 1 fully saturated rings. The highest BCUT2D eigenvalue weighted by molar-refractivity contribution is 6.06. The van der Waals surface area contributed by atoms with Gasteiger partial charge in [0.25, 0.3) is 5.91 Å². The van der Waals surface area contributed by atoms with Gasteiger partial charge in [-0.25, -0.2) is 0 Å². The zero-order valence-corrected chi connectivity index (χ0v) is 16.8. The number of carbonyl (C=O) groups excluding carboxylic acids is 1. The predicted octanol–water partition coefficient (Wildman–Crippen LogP) is 5.24. The Morgan fingerprint density at radius 2 is 1.74 bits per heavy atom. The molecule has 0 spiro atoms. The van der Waals surface area contributed by atoms with Gasteiger partial charge in [-0.3, -0.25) is 9.89 Å². The van der Waals surface area contributed by atoms with Crippen molar-refractivity contribution in [3.8, 4) is 22.8 Å². The van der Waals surface area contributed by atoms with Crippen molar-refractivity contribution in [1.82, 2.24) is 10.2 Å². The van der Waals surface area contributed by atoms with Gasteiger partial charge in [0.05, 0.1) is 31.2 Å².